The average Bonchev–Trinajstić information content (AvgIpc) is 2.59. The standard InChI is InChI=1S/C19H26N4O/c1-23-10-8-16(9-11-23)24-15-5-2-13(3-6-15)19(22)17-12-14(20)4-7-18(17)21/h2-7,12,16,19H,8-11,20-22H2,1H3. The van der Waals surface area contributed by atoms with Crippen molar-refractivity contribution in [2.24, 2.45) is 5.73 Å². The van der Waals surface area contributed by atoms with E-state index in [1.807, 2.05) is 30.3 Å². The number of nitrogens with two attached hydrogens (primary N) is 3. The summed E-state index contributed by atoms with van der Waals surface area (Å²) in [6, 6.07) is 13.1. The van der Waals surface area contributed by atoms with Crippen LogP contribution in [0, 0.1) is 0 Å². The van der Waals surface area contributed by atoms with E-state index < -0.39 is 0 Å². The number of rotatable bonds is 4. The van der Waals surface area contributed by atoms with Crippen LogP contribution < -0.4 is 21.9 Å². The summed E-state index contributed by atoms with van der Waals surface area (Å²) in [7, 11) is 2.15. The van der Waals surface area contributed by atoms with Gasteiger partial charge >= 0.3 is 0 Å². The monoisotopic (exact) mass is 326 g/mol. The predicted molar refractivity (Wildman–Crippen MR) is 98.9 cm³/mol. The maximum absolute atomic E-state index is 6.35. The molecule has 1 heterocycles. The maximum atomic E-state index is 6.35. The summed E-state index contributed by atoms with van der Waals surface area (Å²) in [4.78, 5) is 2.33. The molecule has 0 bridgehead atoms. The lowest BCUT2D eigenvalue weighted by molar-refractivity contribution is 0.114. The summed E-state index contributed by atoms with van der Waals surface area (Å²) < 4.78 is 6.07. The van der Waals surface area contributed by atoms with Gasteiger partial charge in [0.2, 0.25) is 0 Å². The van der Waals surface area contributed by atoms with Crippen molar-refractivity contribution < 1.29 is 4.74 Å². The molecule has 1 aliphatic heterocycles. The van der Waals surface area contributed by atoms with E-state index in [0.29, 0.717) is 17.5 Å². The van der Waals surface area contributed by atoms with E-state index in [2.05, 4.69) is 11.9 Å². The smallest absolute Gasteiger partial charge is 0.119 e. The Morgan fingerprint density at radius 2 is 1.71 bits per heavy atom. The second kappa shape index (κ2) is 7.11. The third-order valence-electron chi connectivity index (χ3n) is 4.65. The Hall–Kier alpha value is -2.24. The highest BCUT2D eigenvalue weighted by Crippen LogP contribution is 2.28. The quantitative estimate of drug-likeness (QED) is 0.750. The molecule has 0 aromatic heterocycles. The first kappa shape index (κ1) is 16.6. The molecule has 6 N–H and O–H groups in total. The Bertz CT molecular complexity index is 678. The highest BCUT2D eigenvalue weighted by atomic mass is 16.5. The number of anilines is 2. The normalized spacial score (nSPS) is 17.6. The molecule has 1 saturated heterocycles. The number of nitrogens with zero attached hydrogens (tertiary/aromatic N) is 1. The maximum Gasteiger partial charge on any atom is 0.119 e. The molecule has 0 amide bonds. The number of nitrogen functional groups attached to an aromatic ring is 2. The van der Waals surface area contributed by atoms with Gasteiger partial charge in [-0.3, -0.25) is 0 Å². The Balaban J connectivity index is 1.68. The van der Waals surface area contributed by atoms with E-state index in [1.54, 1.807) is 12.1 Å². The molecule has 1 atom stereocenters. The summed E-state index contributed by atoms with van der Waals surface area (Å²) in [5.41, 5.74) is 21.4. The van der Waals surface area contributed by atoms with Crippen molar-refractivity contribution in [1.29, 1.82) is 0 Å². The van der Waals surface area contributed by atoms with Crippen LogP contribution in [-0.2, 0) is 0 Å². The third-order valence-corrected chi connectivity index (χ3v) is 4.65. The molecule has 0 radical (unpaired) electrons. The Morgan fingerprint density at radius 1 is 1.04 bits per heavy atom. The topological polar surface area (TPSA) is 90.5 Å². The minimum absolute atomic E-state index is 0.297. The third kappa shape index (κ3) is 3.80. The number of likely N-dealkylation sites (tertiary alicyclic amines) is 1. The van der Waals surface area contributed by atoms with Crippen LogP contribution in [-0.4, -0.2) is 31.1 Å². The number of hydrogen-bond donors (Lipinski definition) is 3. The second-order valence-electron chi connectivity index (χ2n) is 6.56. The van der Waals surface area contributed by atoms with Crippen LogP contribution >= 0.6 is 0 Å². The van der Waals surface area contributed by atoms with Crippen molar-refractivity contribution in [3.05, 3.63) is 53.6 Å². The zero-order valence-corrected chi connectivity index (χ0v) is 14.1. The van der Waals surface area contributed by atoms with Gasteiger partial charge in [0.05, 0.1) is 6.04 Å². The number of piperidine rings is 1. The fourth-order valence-corrected chi connectivity index (χ4v) is 3.09. The summed E-state index contributed by atoms with van der Waals surface area (Å²) in [6.07, 6.45) is 2.43. The fourth-order valence-electron chi connectivity index (χ4n) is 3.09. The molecule has 0 aliphatic carbocycles. The zero-order chi connectivity index (χ0) is 17.1. The fraction of sp³-hybridized carbons (Fsp3) is 0.368. The van der Waals surface area contributed by atoms with Crippen molar-refractivity contribution in [1.82, 2.24) is 4.90 Å². The Morgan fingerprint density at radius 3 is 2.38 bits per heavy atom. The molecule has 24 heavy (non-hydrogen) atoms. The Labute approximate surface area is 143 Å². The molecule has 5 nitrogen and oxygen atoms in total. The zero-order valence-electron chi connectivity index (χ0n) is 14.1. The van der Waals surface area contributed by atoms with Crippen molar-refractivity contribution in [3.8, 4) is 5.75 Å². The first-order valence-electron chi connectivity index (χ1n) is 8.38. The molecule has 128 valence electrons. The summed E-state index contributed by atoms with van der Waals surface area (Å²) in [5.74, 6) is 0.890. The van der Waals surface area contributed by atoms with Gasteiger partial charge in [-0.2, -0.15) is 0 Å². The first-order valence-corrected chi connectivity index (χ1v) is 8.38. The summed E-state index contributed by atoms with van der Waals surface area (Å²) >= 11 is 0. The van der Waals surface area contributed by atoms with E-state index in [0.717, 1.165) is 42.8 Å². The molecule has 0 saturated carbocycles. The lowest BCUT2D eigenvalue weighted by Crippen LogP contribution is -2.35. The molecule has 2 aromatic rings. The van der Waals surface area contributed by atoms with E-state index in [4.69, 9.17) is 21.9 Å². The lowest BCUT2D eigenvalue weighted by atomic mass is 9.97. The highest BCUT2D eigenvalue weighted by molar-refractivity contribution is 5.58. The van der Waals surface area contributed by atoms with Gasteiger partial charge in [0.15, 0.2) is 0 Å². The van der Waals surface area contributed by atoms with Crippen LogP contribution in [0.3, 0.4) is 0 Å². The minimum atomic E-state index is -0.300. The lowest BCUT2D eigenvalue weighted by Gasteiger charge is -2.29. The summed E-state index contributed by atoms with van der Waals surface area (Å²) in [6.45, 7) is 2.17. The van der Waals surface area contributed by atoms with Crippen LogP contribution in [0.15, 0.2) is 42.5 Å². The van der Waals surface area contributed by atoms with E-state index in [9.17, 15) is 0 Å². The average molecular weight is 326 g/mol. The van der Waals surface area contributed by atoms with Crippen LogP contribution in [0.2, 0.25) is 0 Å². The van der Waals surface area contributed by atoms with Gasteiger partial charge in [-0.25, -0.2) is 0 Å². The SMILES string of the molecule is CN1CCC(Oc2ccc(C(N)c3cc(N)ccc3N)cc2)CC1. The molecule has 1 unspecified atom stereocenters. The van der Waals surface area contributed by atoms with Crippen LogP contribution in [0.4, 0.5) is 11.4 Å². The summed E-state index contributed by atoms with van der Waals surface area (Å²) in [5, 5.41) is 0. The minimum Gasteiger partial charge on any atom is -0.490 e. The molecular weight excluding hydrogens is 300 g/mol. The first-order chi connectivity index (χ1) is 11.5. The van der Waals surface area contributed by atoms with Crippen molar-refractivity contribution in [3.63, 3.8) is 0 Å². The largest absolute Gasteiger partial charge is 0.490 e. The van der Waals surface area contributed by atoms with Crippen molar-refractivity contribution in [2.45, 2.75) is 25.0 Å². The number of hydrogen-bond acceptors (Lipinski definition) is 5. The van der Waals surface area contributed by atoms with Gasteiger partial charge in [-0.05, 0) is 61.3 Å². The molecule has 0 spiro atoms. The molecule has 2 aromatic carbocycles. The van der Waals surface area contributed by atoms with Crippen molar-refractivity contribution in [2.75, 3.05) is 31.6 Å². The molecule has 5 heteroatoms. The number of benzene rings is 2. The van der Waals surface area contributed by atoms with Crippen LogP contribution in [0.25, 0.3) is 0 Å². The van der Waals surface area contributed by atoms with Gasteiger partial charge in [0.1, 0.15) is 11.9 Å². The van der Waals surface area contributed by atoms with Gasteiger partial charge in [-0.15, -0.1) is 0 Å². The van der Waals surface area contributed by atoms with E-state index in [1.165, 1.54) is 0 Å². The van der Waals surface area contributed by atoms with E-state index in [-0.39, 0.29) is 6.04 Å². The van der Waals surface area contributed by atoms with Gasteiger partial charge < -0.3 is 26.8 Å². The highest BCUT2D eigenvalue weighted by Gasteiger charge is 2.18. The number of ether oxygens (including phenoxy) is 1. The van der Waals surface area contributed by atoms with Crippen molar-refractivity contribution >= 4 is 11.4 Å². The second-order valence-corrected chi connectivity index (χ2v) is 6.56. The molecule has 1 aliphatic rings. The van der Waals surface area contributed by atoms with Gasteiger partial charge in [0.25, 0.3) is 0 Å². The van der Waals surface area contributed by atoms with Crippen LogP contribution in [0.1, 0.15) is 30.0 Å². The Kier molecular flexibility index (Phi) is 4.92. The van der Waals surface area contributed by atoms with E-state index >= 15 is 0 Å². The van der Waals surface area contributed by atoms with Crippen LogP contribution in [0.5, 0.6) is 5.75 Å². The van der Waals surface area contributed by atoms with Gasteiger partial charge in [0, 0.05) is 24.5 Å². The predicted octanol–water partition coefficient (Wildman–Crippen LogP) is 2.37. The van der Waals surface area contributed by atoms with Gasteiger partial charge in [-0.1, -0.05) is 12.1 Å². The molecule has 3 rings (SSSR count). The molecule has 1 fully saturated rings. The molecular formula is C19H26N4O.